The van der Waals surface area contributed by atoms with Crippen molar-refractivity contribution in [3.63, 3.8) is 0 Å². The number of para-hydroxylation sites is 1. The highest BCUT2D eigenvalue weighted by atomic mass is 19.4. The molecule has 3 N–H and O–H groups in total. The lowest BCUT2D eigenvalue weighted by molar-refractivity contribution is -0.137. The Bertz CT molecular complexity index is 476. The summed E-state index contributed by atoms with van der Waals surface area (Å²) in [6.45, 7) is 0.263. The van der Waals surface area contributed by atoms with Crippen LogP contribution in [0.5, 0.6) is 0 Å². The molecule has 1 heterocycles. The van der Waals surface area contributed by atoms with Gasteiger partial charge in [-0.1, -0.05) is 12.1 Å². The number of nitrogens with one attached hydrogen (secondary N) is 2. The molecule has 1 fully saturated rings. The van der Waals surface area contributed by atoms with Gasteiger partial charge in [0.1, 0.15) is 0 Å². The van der Waals surface area contributed by atoms with E-state index in [0.717, 1.165) is 6.07 Å². The van der Waals surface area contributed by atoms with E-state index in [1.807, 2.05) is 0 Å². The van der Waals surface area contributed by atoms with Crippen molar-refractivity contribution in [3.05, 3.63) is 29.8 Å². The van der Waals surface area contributed by atoms with Crippen molar-refractivity contribution < 1.29 is 23.1 Å². The average molecular weight is 274 g/mol. The molecule has 2 atom stereocenters. The molecule has 19 heavy (non-hydrogen) atoms. The fourth-order valence-electron chi connectivity index (χ4n) is 1.98. The summed E-state index contributed by atoms with van der Waals surface area (Å²) in [5, 5.41) is 14.3. The summed E-state index contributed by atoms with van der Waals surface area (Å²) in [5.41, 5.74) is -1.16. The molecule has 1 amide bonds. The number of amides is 1. The van der Waals surface area contributed by atoms with E-state index in [0.29, 0.717) is 0 Å². The van der Waals surface area contributed by atoms with E-state index in [1.54, 1.807) is 0 Å². The molecule has 1 aromatic rings. The van der Waals surface area contributed by atoms with Crippen LogP contribution in [0.25, 0.3) is 0 Å². The maximum Gasteiger partial charge on any atom is 0.418 e. The second-order valence-electron chi connectivity index (χ2n) is 4.38. The van der Waals surface area contributed by atoms with Crippen molar-refractivity contribution in [3.8, 4) is 0 Å². The number of carbonyl (C=O) groups is 1. The number of aliphatic hydroxyl groups is 1. The molecule has 1 aliphatic rings. The molecule has 4 nitrogen and oxygen atoms in total. The first kappa shape index (κ1) is 13.8. The van der Waals surface area contributed by atoms with Gasteiger partial charge in [0.05, 0.1) is 23.4 Å². The third-order valence-corrected chi connectivity index (χ3v) is 2.91. The highest BCUT2D eigenvalue weighted by Crippen LogP contribution is 2.34. The number of hydrogen-bond acceptors (Lipinski definition) is 3. The number of halogens is 3. The molecule has 0 bridgehead atoms. The summed E-state index contributed by atoms with van der Waals surface area (Å²) in [5.74, 6) is -0.576. The highest BCUT2D eigenvalue weighted by molar-refractivity contribution is 5.95. The minimum absolute atomic E-state index is 0.194. The lowest BCUT2D eigenvalue weighted by atomic mass is 10.1. The van der Waals surface area contributed by atoms with Gasteiger partial charge in [-0.2, -0.15) is 13.2 Å². The van der Waals surface area contributed by atoms with Crippen LogP contribution < -0.4 is 10.6 Å². The number of rotatable bonds is 2. The molecule has 2 rings (SSSR count). The third kappa shape index (κ3) is 3.24. The molecule has 0 aliphatic carbocycles. The van der Waals surface area contributed by atoms with Gasteiger partial charge in [-0.05, 0) is 18.6 Å². The molecule has 1 saturated heterocycles. The molecular formula is C12H13F3N2O2. The maximum absolute atomic E-state index is 12.7. The smallest absolute Gasteiger partial charge is 0.392 e. The molecule has 104 valence electrons. The van der Waals surface area contributed by atoms with Crippen LogP contribution in [-0.4, -0.2) is 29.7 Å². The largest absolute Gasteiger partial charge is 0.418 e. The van der Waals surface area contributed by atoms with Gasteiger partial charge in [0.2, 0.25) is 5.91 Å². The number of β-amino-alcohol motifs (C(OH)–C–C–N with tert-alkyl or cyclic N) is 1. The average Bonchev–Trinajstić information content (AvgIpc) is 2.75. The van der Waals surface area contributed by atoms with Crippen LogP contribution in [-0.2, 0) is 11.0 Å². The quantitative estimate of drug-likeness (QED) is 0.763. The lowest BCUT2D eigenvalue weighted by Gasteiger charge is -2.15. The Labute approximate surface area is 107 Å². The van der Waals surface area contributed by atoms with Gasteiger partial charge in [-0.25, -0.2) is 0 Å². The summed E-state index contributed by atoms with van der Waals surface area (Å²) < 4.78 is 38.2. The number of alkyl halides is 3. The van der Waals surface area contributed by atoms with Crippen molar-refractivity contribution >= 4 is 11.6 Å². The predicted octanol–water partition coefficient (Wildman–Crippen LogP) is 1.37. The summed E-state index contributed by atoms with van der Waals surface area (Å²) in [7, 11) is 0. The first-order valence-corrected chi connectivity index (χ1v) is 5.76. The van der Waals surface area contributed by atoms with Gasteiger partial charge in [0.25, 0.3) is 0 Å². The molecular weight excluding hydrogens is 261 g/mol. The van der Waals surface area contributed by atoms with Crippen molar-refractivity contribution in [1.82, 2.24) is 5.32 Å². The van der Waals surface area contributed by atoms with Gasteiger partial charge in [-0.15, -0.1) is 0 Å². The number of carbonyl (C=O) groups excluding carboxylic acids is 1. The number of hydrogen-bond donors (Lipinski definition) is 3. The molecule has 1 aromatic carbocycles. The lowest BCUT2D eigenvalue weighted by Crippen LogP contribution is -2.36. The Morgan fingerprint density at radius 2 is 2.05 bits per heavy atom. The zero-order valence-electron chi connectivity index (χ0n) is 9.87. The van der Waals surface area contributed by atoms with Crippen molar-refractivity contribution in [1.29, 1.82) is 0 Å². The third-order valence-electron chi connectivity index (χ3n) is 2.91. The van der Waals surface area contributed by atoms with Crippen LogP contribution in [0.2, 0.25) is 0 Å². The minimum Gasteiger partial charge on any atom is -0.392 e. The second-order valence-corrected chi connectivity index (χ2v) is 4.38. The molecule has 0 aromatic heterocycles. The Morgan fingerprint density at radius 3 is 2.63 bits per heavy atom. The fraction of sp³-hybridized carbons (Fsp3) is 0.417. The summed E-state index contributed by atoms with van der Waals surface area (Å²) in [6.07, 6.45) is -4.97. The number of aliphatic hydroxyl groups excluding tert-OH is 1. The maximum atomic E-state index is 12.7. The number of benzene rings is 1. The standard InChI is InChI=1S/C12H13F3N2O2/c13-12(14,15)8-3-1-2-4-9(8)17-11(19)10-5-7(18)6-16-10/h1-4,7,10,16,18H,5-6H2,(H,17,19). The zero-order valence-corrected chi connectivity index (χ0v) is 9.87. The van der Waals surface area contributed by atoms with Crippen LogP contribution in [0.1, 0.15) is 12.0 Å². The van der Waals surface area contributed by atoms with Gasteiger partial charge >= 0.3 is 6.18 Å². The summed E-state index contributed by atoms with van der Waals surface area (Å²) in [4.78, 5) is 11.8. The monoisotopic (exact) mass is 274 g/mol. The van der Waals surface area contributed by atoms with Gasteiger partial charge in [0.15, 0.2) is 0 Å². The van der Waals surface area contributed by atoms with Crippen molar-refractivity contribution in [2.24, 2.45) is 0 Å². The highest BCUT2D eigenvalue weighted by Gasteiger charge is 2.35. The van der Waals surface area contributed by atoms with Crippen LogP contribution in [0.4, 0.5) is 18.9 Å². The molecule has 0 radical (unpaired) electrons. The zero-order chi connectivity index (χ0) is 14.0. The van der Waals surface area contributed by atoms with E-state index in [-0.39, 0.29) is 18.7 Å². The predicted molar refractivity (Wildman–Crippen MR) is 62.5 cm³/mol. The van der Waals surface area contributed by atoms with Gasteiger partial charge < -0.3 is 15.7 Å². The van der Waals surface area contributed by atoms with Crippen LogP contribution in [0.3, 0.4) is 0 Å². The first-order chi connectivity index (χ1) is 8.88. The molecule has 0 spiro atoms. The van der Waals surface area contributed by atoms with E-state index in [1.165, 1.54) is 18.2 Å². The Morgan fingerprint density at radius 1 is 1.37 bits per heavy atom. The molecule has 7 heteroatoms. The van der Waals surface area contributed by atoms with E-state index >= 15 is 0 Å². The SMILES string of the molecule is O=C(Nc1ccccc1C(F)(F)F)C1CC(O)CN1. The molecule has 0 saturated carbocycles. The summed E-state index contributed by atoms with van der Waals surface area (Å²) >= 11 is 0. The Kier molecular flexibility index (Phi) is 3.77. The minimum atomic E-state index is -4.52. The van der Waals surface area contributed by atoms with E-state index in [9.17, 15) is 23.1 Å². The van der Waals surface area contributed by atoms with E-state index in [2.05, 4.69) is 10.6 Å². The normalized spacial score (nSPS) is 23.4. The second kappa shape index (κ2) is 5.18. The van der Waals surface area contributed by atoms with Crippen molar-refractivity contribution in [2.75, 3.05) is 11.9 Å². The Balaban J connectivity index is 2.13. The van der Waals surface area contributed by atoms with Crippen molar-refractivity contribution in [2.45, 2.75) is 24.7 Å². The first-order valence-electron chi connectivity index (χ1n) is 5.76. The fourth-order valence-corrected chi connectivity index (χ4v) is 1.98. The van der Waals surface area contributed by atoms with Crippen LogP contribution in [0.15, 0.2) is 24.3 Å². The molecule has 2 unspecified atom stereocenters. The van der Waals surface area contributed by atoms with Crippen LogP contribution in [0, 0.1) is 0 Å². The van der Waals surface area contributed by atoms with Crippen LogP contribution >= 0.6 is 0 Å². The Hall–Kier alpha value is -1.60. The van der Waals surface area contributed by atoms with Gasteiger partial charge in [0, 0.05) is 6.54 Å². The number of anilines is 1. The molecule has 1 aliphatic heterocycles. The van der Waals surface area contributed by atoms with E-state index in [4.69, 9.17) is 0 Å². The van der Waals surface area contributed by atoms with Gasteiger partial charge in [-0.3, -0.25) is 4.79 Å². The van der Waals surface area contributed by atoms with E-state index < -0.39 is 29.8 Å². The summed E-state index contributed by atoms with van der Waals surface area (Å²) in [6, 6.07) is 4.12. The topological polar surface area (TPSA) is 61.4 Å².